The Morgan fingerprint density at radius 3 is 2.58 bits per heavy atom. The maximum atomic E-state index is 12.4. The number of allylic oxidation sites excluding steroid dienone is 1. The van der Waals surface area contributed by atoms with Gasteiger partial charge in [0.25, 0.3) is 0 Å². The second kappa shape index (κ2) is 3.80. The lowest BCUT2D eigenvalue weighted by atomic mass is 9.73. The van der Waals surface area contributed by atoms with E-state index < -0.39 is 5.41 Å². The van der Waals surface area contributed by atoms with Crippen molar-refractivity contribution in [2.24, 2.45) is 4.99 Å². The number of carbonyl (C=O) groups excluding carboxylic acids is 1. The summed E-state index contributed by atoms with van der Waals surface area (Å²) in [5.41, 5.74) is 0.980. The highest BCUT2D eigenvalue weighted by Gasteiger charge is 2.47. The minimum Gasteiger partial charge on any atom is -0.477 e. The van der Waals surface area contributed by atoms with Crippen LogP contribution in [0.3, 0.4) is 0 Å². The third-order valence-corrected chi connectivity index (χ3v) is 3.80. The molecule has 0 amide bonds. The van der Waals surface area contributed by atoms with Crippen molar-refractivity contribution < 1.29 is 9.53 Å². The van der Waals surface area contributed by atoms with Gasteiger partial charge in [0.05, 0.1) is 5.54 Å². The van der Waals surface area contributed by atoms with Crippen LogP contribution in [0.1, 0.15) is 31.9 Å². The molecule has 3 rings (SSSR count). The van der Waals surface area contributed by atoms with Gasteiger partial charge < -0.3 is 4.74 Å². The standard InChI is InChI=1S/C16H17NO2/c1-15(2)10-19-14(17-15)16(3)12-7-5-4-6-11(12)8-9-13(16)18/h4-9H,10H2,1-3H3. The normalized spacial score (nSPS) is 27.7. The topological polar surface area (TPSA) is 38.7 Å². The maximum Gasteiger partial charge on any atom is 0.202 e. The fraction of sp³-hybridized carbons (Fsp3) is 0.375. The van der Waals surface area contributed by atoms with Crippen LogP contribution in [0.15, 0.2) is 35.3 Å². The van der Waals surface area contributed by atoms with Gasteiger partial charge >= 0.3 is 0 Å². The first kappa shape index (κ1) is 12.2. The van der Waals surface area contributed by atoms with E-state index in [-0.39, 0.29) is 11.3 Å². The fourth-order valence-corrected chi connectivity index (χ4v) is 2.62. The Hall–Kier alpha value is -1.90. The second-order valence-electron chi connectivity index (χ2n) is 5.93. The molecule has 0 spiro atoms. The van der Waals surface area contributed by atoms with Gasteiger partial charge in [-0.3, -0.25) is 4.79 Å². The van der Waals surface area contributed by atoms with Crippen LogP contribution in [0.2, 0.25) is 0 Å². The first-order chi connectivity index (χ1) is 8.93. The summed E-state index contributed by atoms with van der Waals surface area (Å²) >= 11 is 0. The van der Waals surface area contributed by atoms with E-state index in [1.165, 1.54) is 0 Å². The van der Waals surface area contributed by atoms with E-state index in [1.54, 1.807) is 6.08 Å². The van der Waals surface area contributed by atoms with Crippen LogP contribution in [0.25, 0.3) is 6.08 Å². The van der Waals surface area contributed by atoms with Crippen molar-refractivity contribution in [3.63, 3.8) is 0 Å². The number of hydrogen-bond acceptors (Lipinski definition) is 3. The lowest BCUT2D eigenvalue weighted by molar-refractivity contribution is -0.117. The average molecular weight is 255 g/mol. The number of aliphatic imine (C=N–C) groups is 1. The first-order valence-electron chi connectivity index (χ1n) is 6.49. The van der Waals surface area contributed by atoms with E-state index >= 15 is 0 Å². The number of ether oxygens (including phenoxy) is 1. The molecule has 0 bridgehead atoms. The molecule has 1 atom stereocenters. The van der Waals surface area contributed by atoms with Gasteiger partial charge in [-0.05, 0) is 38.0 Å². The molecule has 3 nitrogen and oxygen atoms in total. The number of benzene rings is 1. The molecule has 0 saturated carbocycles. The largest absolute Gasteiger partial charge is 0.477 e. The van der Waals surface area contributed by atoms with E-state index in [9.17, 15) is 4.79 Å². The predicted octanol–water partition coefficient (Wildman–Crippen LogP) is 2.75. The average Bonchev–Trinajstić information content (AvgIpc) is 2.75. The number of carbonyl (C=O) groups is 1. The summed E-state index contributed by atoms with van der Waals surface area (Å²) in [6.45, 7) is 6.45. The molecule has 1 unspecified atom stereocenters. The van der Waals surface area contributed by atoms with Gasteiger partial charge in [0, 0.05) is 0 Å². The van der Waals surface area contributed by atoms with Crippen molar-refractivity contribution in [2.75, 3.05) is 6.61 Å². The minimum atomic E-state index is -0.793. The second-order valence-corrected chi connectivity index (χ2v) is 5.93. The Bertz CT molecular complexity index is 613. The molecule has 1 aromatic carbocycles. The highest BCUT2D eigenvalue weighted by molar-refractivity contribution is 6.19. The van der Waals surface area contributed by atoms with Crippen LogP contribution >= 0.6 is 0 Å². The molecule has 1 aliphatic carbocycles. The van der Waals surface area contributed by atoms with Gasteiger partial charge in [-0.15, -0.1) is 0 Å². The number of ketones is 1. The molecule has 0 saturated heterocycles. The number of fused-ring (bicyclic) bond motifs is 1. The van der Waals surface area contributed by atoms with E-state index in [0.29, 0.717) is 12.5 Å². The zero-order chi connectivity index (χ0) is 13.7. The predicted molar refractivity (Wildman–Crippen MR) is 75.3 cm³/mol. The van der Waals surface area contributed by atoms with E-state index in [4.69, 9.17) is 4.74 Å². The molecule has 0 N–H and O–H groups in total. The first-order valence-corrected chi connectivity index (χ1v) is 6.49. The van der Waals surface area contributed by atoms with Crippen molar-refractivity contribution in [1.82, 2.24) is 0 Å². The Labute approximate surface area is 113 Å². The van der Waals surface area contributed by atoms with E-state index in [2.05, 4.69) is 4.99 Å². The number of hydrogen-bond donors (Lipinski definition) is 0. The maximum absolute atomic E-state index is 12.4. The molecular formula is C16H17NO2. The highest BCUT2D eigenvalue weighted by Crippen LogP contribution is 2.37. The van der Waals surface area contributed by atoms with Gasteiger partial charge in [-0.25, -0.2) is 4.99 Å². The summed E-state index contributed by atoms with van der Waals surface area (Å²) in [7, 11) is 0. The third-order valence-electron chi connectivity index (χ3n) is 3.80. The molecule has 1 aromatic rings. The summed E-state index contributed by atoms with van der Waals surface area (Å²) in [6, 6.07) is 7.91. The lowest BCUT2D eigenvalue weighted by Crippen LogP contribution is -2.42. The highest BCUT2D eigenvalue weighted by atomic mass is 16.5. The summed E-state index contributed by atoms with van der Waals surface area (Å²) in [5.74, 6) is 0.571. The van der Waals surface area contributed by atoms with Gasteiger partial charge in [-0.1, -0.05) is 30.3 Å². The summed E-state index contributed by atoms with van der Waals surface area (Å²) in [5, 5.41) is 0. The number of rotatable bonds is 1. The van der Waals surface area contributed by atoms with Gasteiger partial charge in [0.2, 0.25) is 5.90 Å². The van der Waals surface area contributed by atoms with Crippen LogP contribution in [0.4, 0.5) is 0 Å². The summed E-state index contributed by atoms with van der Waals surface area (Å²) < 4.78 is 5.73. The molecule has 0 radical (unpaired) electrons. The zero-order valence-corrected chi connectivity index (χ0v) is 11.4. The molecule has 1 heterocycles. The Morgan fingerprint density at radius 1 is 1.16 bits per heavy atom. The quantitative estimate of drug-likeness (QED) is 0.774. The smallest absolute Gasteiger partial charge is 0.202 e. The molecular weight excluding hydrogens is 238 g/mol. The van der Waals surface area contributed by atoms with Crippen molar-refractivity contribution >= 4 is 17.8 Å². The lowest BCUT2D eigenvalue weighted by Gasteiger charge is -2.30. The molecule has 98 valence electrons. The molecule has 3 heteroatoms. The van der Waals surface area contributed by atoms with Crippen molar-refractivity contribution in [3.8, 4) is 0 Å². The van der Waals surface area contributed by atoms with Gasteiger partial charge in [0.15, 0.2) is 5.78 Å². The van der Waals surface area contributed by atoms with E-state index in [1.807, 2.05) is 51.1 Å². The molecule has 1 aliphatic heterocycles. The Balaban J connectivity index is 2.18. The molecule has 0 fully saturated rings. The molecule has 2 aliphatic rings. The zero-order valence-electron chi connectivity index (χ0n) is 11.4. The third kappa shape index (κ3) is 1.72. The van der Waals surface area contributed by atoms with E-state index in [0.717, 1.165) is 11.1 Å². The number of nitrogens with zero attached hydrogens (tertiary/aromatic N) is 1. The van der Waals surface area contributed by atoms with Crippen LogP contribution in [-0.4, -0.2) is 23.8 Å². The molecule has 19 heavy (non-hydrogen) atoms. The molecule has 0 aromatic heterocycles. The fourth-order valence-electron chi connectivity index (χ4n) is 2.62. The van der Waals surface area contributed by atoms with Crippen LogP contribution in [-0.2, 0) is 14.9 Å². The van der Waals surface area contributed by atoms with Crippen molar-refractivity contribution in [3.05, 3.63) is 41.5 Å². The Kier molecular flexibility index (Phi) is 2.43. The van der Waals surface area contributed by atoms with Crippen LogP contribution < -0.4 is 0 Å². The SMILES string of the molecule is CC1(C)COC(C2(C)C(=O)C=Cc3ccccc32)=N1. The van der Waals surface area contributed by atoms with Gasteiger partial charge in [0.1, 0.15) is 12.0 Å². The summed E-state index contributed by atoms with van der Waals surface area (Å²) in [6.07, 6.45) is 3.49. The monoisotopic (exact) mass is 255 g/mol. The van der Waals surface area contributed by atoms with Crippen LogP contribution in [0.5, 0.6) is 0 Å². The van der Waals surface area contributed by atoms with Crippen molar-refractivity contribution in [1.29, 1.82) is 0 Å². The summed E-state index contributed by atoms with van der Waals surface area (Å²) in [4.78, 5) is 17.0. The van der Waals surface area contributed by atoms with Gasteiger partial charge in [-0.2, -0.15) is 0 Å². The minimum absolute atomic E-state index is 0.0302. The van der Waals surface area contributed by atoms with Crippen molar-refractivity contribution in [2.45, 2.75) is 31.7 Å². The van der Waals surface area contributed by atoms with Crippen LogP contribution in [0, 0.1) is 0 Å². The Morgan fingerprint density at radius 2 is 1.89 bits per heavy atom.